The van der Waals surface area contributed by atoms with E-state index in [2.05, 4.69) is 24.9 Å². The number of piperazine rings is 1. The van der Waals surface area contributed by atoms with Crippen molar-refractivity contribution in [1.82, 2.24) is 29.4 Å². The number of carbonyl (C=O) groups is 2. The Morgan fingerprint density at radius 2 is 1.66 bits per heavy atom. The van der Waals surface area contributed by atoms with Gasteiger partial charge in [0.2, 0.25) is 0 Å². The summed E-state index contributed by atoms with van der Waals surface area (Å²) in [4.78, 5) is 39.5. The minimum absolute atomic E-state index is 0.190. The molecule has 2 aliphatic heterocycles. The lowest BCUT2D eigenvalue weighted by Crippen LogP contribution is -2.49. The molecule has 9 heteroatoms. The van der Waals surface area contributed by atoms with E-state index in [4.69, 9.17) is 0 Å². The van der Waals surface area contributed by atoms with Crippen molar-refractivity contribution in [3.63, 3.8) is 0 Å². The molecule has 0 aliphatic carbocycles. The zero-order chi connectivity index (χ0) is 20.0. The number of anilines is 1. The molecule has 2 amide bonds. The molecule has 1 fully saturated rings. The molecule has 0 radical (unpaired) electrons. The first-order valence-corrected chi connectivity index (χ1v) is 9.72. The van der Waals surface area contributed by atoms with Crippen LogP contribution in [0.4, 0.5) is 5.82 Å². The highest BCUT2D eigenvalue weighted by Gasteiger charge is 2.35. The topological polar surface area (TPSA) is 86.9 Å². The van der Waals surface area contributed by atoms with E-state index in [-0.39, 0.29) is 11.8 Å². The Labute approximate surface area is 167 Å². The lowest BCUT2D eigenvalue weighted by molar-refractivity contribution is 0.0635. The average molecular weight is 391 g/mol. The third-order valence-corrected chi connectivity index (χ3v) is 5.58. The number of benzene rings is 1. The average Bonchev–Trinajstić information content (AvgIpc) is 3.30. The van der Waals surface area contributed by atoms with Gasteiger partial charge in [0.1, 0.15) is 12.1 Å². The quantitative estimate of drug-likeness (QED) is 0.610. The van der Waals surface area contributed by atoms with E-state index in [1.54, 1.807) is 28.8 Å². The van der Waals surface area contributed by atoms with Gasteiger partial charge in [0.25, 0.3) is 17.6 Å². The molecule has 148 valence electrons. The molecule has 5 rings (SSSR count). The Morgan fingerprint density at radius 1 is 0.966 bits per heavy atom. The minimum Gasteiger partial charge on any atom is -0.354 e. The fraction of sp³-hybridized carbons (Fsp3) is 0.350. The van der Waals surface area contributed by atoms with Gasteiger partial charge in [-0.25, -0.2) is 4.98 Å². The van der Waals surface area contributed by atoms with E-state index in [0.29, 0.717) is 30.0 Å². The molecule has 0 unspecified atom stereocenters. The second-order valence-corrected chi connectivity index (χ2v) is 7.36. The Bertz CT molecular complexity index is 1070. The van der Waals surface area contributed by atoms with Crippen molar-refractivity contribution in [3.8, 4) is 0 Å². The Kier molecular flexibility index (Phi) is 4.24. The lowest BCUT2D eigenvalue weighted by atomic mass is 10.1. The van der Waals surface area contributed by atoms with Gasteiger partial charge >= 0.3 is 0 Å². The molecule has 0 bridgehead atoms. The van der Waals surface area contributed by atoms with Crippen LogP contribution in [0.5, 0.6) is 0 Å². The molecule has 0 saturated carbocycles. The number of amides is 2. The van der Waals surface area contributed by atoms with Crippen molar-refractivity contribution >= 4 is 23.4 Å². The highest BCUT2D eigenvalue weighted by Crippen LogP contribution is 2.22. The van der Waals surface area contributed by atoms with Crippen LogP contribution in [0.1, 0.15) is 26.4 Å². The van der Waals surface area contributed by atoms with Crippen molar-refractivity contribution in [2.24, 2.45) is 0 Å². The fourth-order valence-electron chi connectivity index (χ4n) is 4.02. The lowest BCUT2D eigenvalue weighted by Gasteiger charge is -2.36. The summed E-state index contributed by atoms with van der Waals surface area (Å²) >= 11 is 0. The number of imide groups is 1. The van der Waals surface area contributed by atoms with Gasteiger partial charge < -0.3 is 4.90 Å². The molecule has 2 aromatic heterocycles. The van der Waals surface area contributed by atoms with Gasteiger partial charge in [-0.1, -0.05) is 12.1 Å². The highest BCUT2D eigenvalue weighted by molar-refractivity contribution is 6.21. The molecular formula is C20H21N7O2. The predicted molar refractivity (Wildman–Crippen MR) is 106 cm³/mol. The third kappa shape index (κ3) is 3.03. The van der Waals surface area contributed by atoms with E-state index < -0.39 is 0 Å². The second-order valence-electron chi connectivity index (χ2n) is 7.36. The molecule has 9 nitrogen and oxygen atoms in total. The molecule has 29 heavy (non-hydrogen) atoms. The third-order valence-electron chi connectivity index (χ3n) is 5.58. The van der Waals surface area contributed by atoms with Crippen molar-refractivity contribution in [3.05, 3.63) is 53.5 Å². The van der Waals surface area contributed by atoms with Gasteiger partial charge in [0, 0.05) is 51.0 Å². The second kappa shape index (κ2) is 6.93. The first kappa shape index (κ1) is 17.7. The molecule has 1 saturated heterocycles. The molecular weight excluding hydrogens is 370 g/mol. The number of rotatable bonds is 4. The summed E-state index contributed by atoms with van der Waals surface area (Å²) in [5.74, 6) is 1.22. The van der Waals surface area contributed by atoms with E-state index in [0.717, 1.165) is 37.7 Å². The number of aromatic nitrogens is 4. The van der Waals surface area contributed by atoms with E-state index >= 15 is 0 Å². The SMILES string of the molecule is Cc1cc(N2CCN(CCN3C(=O)c4ccccc4C3=O)CC2)n2ncnc2n1. The Morgan fingerprint density at radius 3 is 2.34 bits per heavy atom. The normalized spacial score (nSPS) is 17.4. The number of hydrogen-bond donors (Lipinski definition) is 0. The number of aryl methyl sites for hydroxylation is 1. The maximum atomic E-state index is 12.5. The van der Waals surface area contributed by atoms with Crippen LogP contribution in [0.2, 0.25) is 0 Å². The summed E-state index contributed by atoms with van der Waals surface area (Å²) in [6.07, 6.45) is 1.52. The summed E-state index contributed by atoms with van der Waals surface area (Å²) in [7, 11) is 0. The largest absolute Gasteiger partial charge is 0.354 e. The standard InChI is InChI=1S/C20H21N7O2/c1-14-12-17(27-20(23-14)21-13-22-27)25-9-6-24(7-10-25)8-11-26-18(28)15-4-2-3-5-16(15)19(26)29/h2-5,12-13H,6-11H2,1H3. The van der Waals surface area contributed by atoms with Crippen LogP contribution in [0.25, 0.3) is 5.78 Å². The van der Waals surface area contributed by atoms with Crippen molar-refractivity contribution in [2.45, 2.75) is 6.92 Å². The smallest absolute Gasteiger partial charge is 0.261 e. The number of carbonyl (C=O) groups excluding carboxylic acids is 2. The highest BCUT2D eigenvalue weighted by atomic mass is 16.2. The minimum atomic E-state index is -0.190. The molecule has 0 spiro atoms. The Balaban J connectivity index is 1.22. The van der Waals surface area contributed by atoms with Crippen LogP contribution in [0.3, 0.4) is 0 Å². The number of fused-ring (bicyclic) bond motifs is 2. The van der Waals surface area contributed by atoms with Crippen LogP contribution in [-0.2, 0) is 0 Å². The van der Waals surface area contributed by atoms with E-state index in [1.807, 2.05) is 13.0 Å². The molecule has 2 aliphatic rings. The Hall–Kier alpha value is -3.33. The maximum absolute atomic E-state index is 12.5. The van der Waals surface area contributed by atoms with E-state index in [9.17, 15) is 9.59 Å². The summed E-state index contributed by atoms with van der Waals surface area (Å²) in [6, 6.07) is 9.04. The van der Waals surface area contributed by atoms with E-state index in [1.165, 1.54) is 11.2 Å². The van der Waals surface area contributed by atoms with Gasteiger partial charge in [-0.05, 0) is 19.1 Å². The zero-order valence-electron chi connectivity index (χ0n) is 16.2. The number of hydrogen-bond acceptors (Lipinski definition) is 7. The molecule has 1 aromatic carbocycles. The monoisotopic (exact) mass is 391 g/mol. The summed E-state index contributed by atoms with van der Waals surface area (Å²) in [6.45, 7) is 6.40. The summed E-state index contributed by atoms with van der Waals surface area (Å²) in [5, 5.41) is 4.29. The molecule has 4 heterocycles. The summed E-state index contributed by atoms with van der Waals surface area (Å²) < 4.78 is 1.77. The first-order valence-electron chi connectivity index (χ1n) is 9.72. The van der Waals surface area contributed by atoms with Crippen LogP contribution in [0.15, 0.2) is 36.7 Å². The molecule has 3 aromatic rings. The number of nitrogens with zero attached hydrogens (tertiary/aromatic N) is 7. The van der Waals surface area contributed by atoms with Crippen molar-refractivity contribution in [2.75, 3.05) is 44.2 Å². The van der Waals surface area contributed by atoms with Gasteiger partial charge in [-0.3, -0.25) is 19.4 Å². The fourth-order valence-corrected chi connectivity index (χ4v) is 4.02. The van der Waals surface area contributed by atoms with Crippen LogP contribution in [0, 0.1) is 6.92 Å². The van der Waals surface area contributed by atoms with Gasteiger partial charge in [0.05, 0.1) is 11.1 Å². The first-order chi connectivity index (χ1) is 14.1. The van der Waals surface area contributed by atoms with Gasteiger partial charge in [-0.2, -0.15) is 14.6 Å². The molecule has 0 N–H and O–H groups in total. The zero-order valence-corrected chi connectivity index (χ0v) is 16.2. The van der Waals surface area contributed by atoms with Crippen LogP contribution in [-0.4, -0.2) is 80.5 Å². The predicted octanol–water partition coefficient (Wildman–Crippen LogP) is 0.851. The summed E-state index contributed by atoms with van der Waals surface area (Å²) in [5.41, 5.74) is 1.92. The van der Waals surface area contributed by atoms with Gasteiger partial charge in [-0.15, -0.1) is 0 Å². The molecule has 0 atom stereocenters. The van der Waals surface area contributed by atoms with Crippen LogP contribution >= 0.6 is 0 Å². The van der Waals surface area contributed by atoms with Crippen LogP contribution < -0.4 is 4.90 Å². The van der Waals surface area contributed by atoms with Gasteiger partial charge in [0.15, 0.2) is 0 Å². The maximum Gasteiger partial charge on any atom is 0.261 e. The van der Waals surface area contributed by atoms with Crippen molar-refractivity contribution < 1.29 is 9.59 Å². The van der Waals surface area contributed by atoms with Crippen molar-refractivity contribution in [1.29, 1.82) is 0 Å².